The van der Waals surface area contributed by atoms with Gasteiger partial charge in [-0.3, -0.25) is 14.5 Å². The van der Waals surface area contributed by atoms with Crippen LogP contribution in [0.2, 0.25) is 10.0 Å². The molecule has 1 aliphatic heterocycles. The maximum atomic E-state index is 12.7. The van der Waals surface area contributed by atoms with Gasteiger partial charge in [-0.05, 0) is 36.6 Å². The summed E-state index contributed by atoms with van der Waals surface area (Å²) in [5, 5.41) is 4.44. The third-order valence-electron chi connectivity index (χ3n) is 4.77. The summed E-state index contributed by atoms with van der Waals surface area (Å²) in [5.74, 6) is -0.0419. The lowest BCUT2D eigenvalue weighted by Crippen LogP contribution is -2.38. The summed E-state index contributed by atoms with van der Waals surface area (Å²) in [6, 6.07) is 5.38. The second-order valence-electron chi connectivity index (χ2n) is 6.99. The fraction of sp³-hybridized carbons (Fsp3) is 0.381. The molecule has 0 spiro atoms. The Morgan fingerprint density at radius 3 is 2.72 bits per heavy atom. The summed E-state index contributed by atoms with van der Waals surface area (Å²) in [7, 11) is 0. The first-order valence-corrected chi connectivity index (χ1v) is 11.3. The number of nitrogens with one attached hydrogen (secondary N) is 1. The number of benzene rings is 1. The van der Waals surface area contributed by atoms with E-state index in [9.17, 15) is 9.59 Å². The number of hydrogen-bond acceptors (Lipinski definition) is 4. The molecule has 0 unspecified atom stereocenters. The zero-order valence-corrected chi connectivity index (χ0v) is 18.3. The number of halogens is 2. The van der Waals surface area contributed by atoms with Crippen molar-refractivity contribution in [3.63, 3.8) is 0 Å². The van der Waals surface area contributed by atoms with Crippen LogP contribution in [0.3, 0.4) is 0 Å². The van der Waals surface area contributed by atoms with Crippen LogP contribution in [-0.2, 0) is 9.59 Å². The number of aliphatic imine (C=N–C) groups is 1. The number of nitrogens with zero attached hydrogens (tertiary/aromatic N) is 2. The fourth-order valence-electron chi connectivity index (χ4n) is 3.34. The van der Waals surface area contributed by atoms with Crippen molar-refractivity contribution in [2.45, 2.75) is 38.1 Å². The molecule has 2 amide bonds. The summed E-state index contributed by atoms with van der Waals surface area (Å²) in [6.07, 6.45) is 8.94. The monoisotopic (exact) mass is 451 g/mol. The number of carbonyl (C=O) groups is 2. The molecule has 2 aliphatic rings. The van der Waals surface area contributed by atoms with Crippen molar-refractivity contribution in [1.29, 1.82) is 0 Å². The Bertz CT molecular complexity index is 863. The molecule has 0 aromatic heterocycles. The number of rotatable bonds is 6. The quantitative estimate of drug-likeness (QED) is 0.493. The zero-order valence-electron chi connectivity index (χ0n) is 16.0. The van der Waals surface area contributed by atoms with E-state index in [0.717, 1.165) is 31.2 Å². The Balaban J connectivity index is 1.69. The van der Waals surface area contributed by atoms with Crippen molar-refractivity contribution in [1.82, 2.24) is 10.2 Å². The van der Waals surface area contributed by atoms with E-state index in [1.54, 1.807) is 30.4 Å². The van der Waals surface area contributed by atoms with Crippen LogP contribution >= 0.6 is 35.0 Å². The number of carbonyl (C=O) groups excluding carboxylic acids is 2. The van der Waals surface area contributed by atoms with Gasteiger partial charge in [-0.1, -0.05) is 66.4 Å². The van der Waals surface area contributed by atoms with E-state index < -0.39 is 0 Å². The molecule has 5 nitrogen and oxygen atoms in total. The van der Waals surface area contributed by atoms with Crippen LogP contribution in [0.4, 0.5) is 0 Å². The molecule has 29 heavy (non-hydrogen) atoms. The lowest BCUT2D eigenvalue weighted by Gasteiger charge is -2.22. The smallest absolute Gasteiger partial charge is 0.278 e. The van der Waals surface area contributed by atoms with Crippen LogP contribution in [-0.4, -0.2) is 40.2 Å². The van der Waals surface area contributed by atoms with Crippen LogP contribution < -0.4 is 5.32 Å². The second kappa shape index (κ2) is 10.3. The molecule has 1 aromatic rings. The predicted molar refractivity (Wildman–Crippen MR) is 121 cm³/mol. The van der Waals surface area contributed by atoms with Gasteiger partial charge in [0, 0.05) is 12.6 Å². The highest BCUT2D eigenvalue weighted by Gasteiger charge is 2.30. The molecule has 154 valence electrons. The van der Waals surface area contributed by atoms with Crippen molar-refractivity contribution in [3.8, 4) is 0 Å². The first-order valence-electron chi connectivity index (χ1n) is 9.58. The van der Waals surface area contributed by atoms with E-state index >= 15 is 0 Å². The van der Waals surface area contributed by atoms with E-state index in [2.05, 4.69) is 16.9 Å². The molecule has 1 aliphatic carbocycles. The van der Waals surface area contributed by atoms with Gasteiger partial charge in [0.25, 0.3) is 5.91 Å². The standard InChI is InChI=1S/C21H23Cl2N3O2S/c1-2-10-26-20(28)18(12-14-8-9-16(22)17(23)11-14)25-21(26)29-13-19(27)24-15-6-4-3-5-7-15/h2,8-9,11-12,15H,1,3-7,10,13H2,(H,24,27)/b18-12-. The van der Waals surface area contributed by atoms with Crippen molar-refractivity contribution < 1.29 is 9.59 Å². The molecule has 0 saturated heterocycles. The lowest BCUT2D eigenvalue weighted by molar-refractivity contribution is -0.122. The van der Waals surface area contributed by atoms with E-state index in [0.29, 0.717) is 27.5 Å². The molecule has 1 N–H and O–H groups in total. The number of thioether (sulfide) groups is 1. The minimum atomic E-state index is -0.230. The van der Waals surface area contributed by atoms with Crippen LogP contribution in [0, 0.1) is 0 Å². The minimum absolute atomic E-state index is 0.0301. The maximum Gasteiger partial charge on any atom is 0.278 e. The van der Waals surface area contributed by atoms with Crippen LogP contribution in [0.1, 0.15) is 37.7 Å². The average molecular weight is 452 g/mol. The number of hydrogen-bond donors (Lipinski definition) is 1. The van der Waals surface area contributed by atoms with Gasteiger partial charge in [0.2, 0.25) is 5.91 Å². The summed E-state index contributed by atoms with van der Waals surface area (Å²) in [5.41, 5.74) is 1.02. The van der Waals surface area contributed by atoms with Crippen molar-refractivity contribution in [3.05, 3.63) is 52.2 Å². The largest absolute Gasteiger partial charge is 0.353 e. The fourth-order valence-corrected chi connectivity index (χ4v) is 4.46. The van der Waals surface area contributed by atoms with Crippen LogP contribution in [0.25, 0.3) is 6.08 Å². The van der Waals surface area contributed by atoms with E-state index in [4.69, 9.17) is 23.2 Å². The molecular weight excluding hydrogens is 429 g/mol. The van der Waals surface area contributed by atoms with Gasteiger partial charge >= 0.3 is 0 Å². The predicted octanol–water partition coefficient (Wildman–Crippen LogP) is 4.90. The summed E-state index contributed by atoms with van der Waals surface area (Å²) >= 11 is 13.3. The number of amides is 2. The Hall–Kier alpha value is -1.76. The van der Waals surface area contributed by atoms with Gasteiger partial charge in [0.15, 0.2) is 5.17 Å². The van der Waals surface area contributed by atoms with Gasteiger partial charge in [0.05, 0.1) is 15.8 Å². The van der Waals surface area contributed by atoms with Gasteiger partial charge < -0.3 is 5.32 Å². The summed E-state index contributed by atoms with van der Waals surface area (Å²) in [6.45, 7) is 4.03. The van der Waals surface area contributed by atoms with Gasteiger partial charge in [0.1, 0.15) is 5.70 Å². The van der Waals surface area contributed by atoms with Crippen LogP contribution in [0.5, 0.6) is 0 Å². The van der Waals surface area contributed by atoms with Gasteiger partial charge in [-0.2, -0.15) is 0 Å². The highest BCUT2D eigenvalue weighted by atomic mass is 35.5. The Kier molecular flexibility index (Phi) is 7.81. The summed E-state index contributed by atoms with van der Waals surface area (Å²) in [4.78, 5) is 31.0. The normalized spacial score (nSPS) is 18.8. The Labute approximate surface area is 185 Å². The Morgan fingerprint density at radius 2 is 2.03 bits per heavy atom. The topological polar surface area (TPSA) is 61.8 Å². The first kappa shape index (κ1) is 21.9. The SMILES string of the molecule is C=CCN1C(=O)/C(=C/c2ccc(Cl)c(Cl)c2)N=C1SCC(=O)NC1CCCCC1. The van der Waals surface area contributed by atoms with E-state index in [-0.39, 0.29) is 23.6 Å². The highest BCUT2D eigenvalue weighted by Crippen LogP contribution is 2.27. The van der Waals surface area contributed by atoms with E-state index in [1.165, 1.54) is 23.1 Å². The molecule has 0 radical (unpaired) electrons. The lowest BCUT2D eigenvalue weighted by atomic mass is 9.95. The highest BCUT2D eigenvalue weighted by molar-refractivity contribution is 8.14. The van der Waals surface area contributed by atoms with Crippen molar-refractivity contribution >= 4 is 58.0 Å². The minimum Gasteiger partial charge on any atom is -0.353 e. The maximum absolute atomic E-state index is 12.7. The summed E-state index contributed by atoms with van der Waals surface area (Å²) < 4.78 is 0. The zero-order chi connectivity index (χ0) is 20.8. The van der Waals surface area contributed by atoms with Gasteiger partial charge in [-0.15, -0.1) is 6.58 Å². The Morgan fingerprint density at radius 1 is 1.28 bits per heavy atom. The molecule has 3 rings (SSSR count). The molecule has 1 fully saturated rings. The number of amidine groups is 1. The molecule has 1 aromatic carbocycles. The second-order valence-corrected chi connectivity index (χ2v) is 8.75. The van der Waals surface area contributed by atoms with E-state index in [1.807, 2.05) is 0 Å². The van der Waals surface area contributed by atoms with Crippen molar-refractivity contribution in [2.24, 2.45) is 4.99 Å². The molecule has 1 saturated carbocycles. The first-order chi connectivity index (χ1) is 14.0. The average Bonchev–Trinajstić information content (AvgIpc) is 2.99. The molecule has 0 atom stereocenters. The van der Waals surface area contributed by atoms with Crippen molar-refractivity contribution in [2.75, 3.05) is 12.3 Å². The molecule has 0 bridgehead atoms. The molecule has 1 heterocycles. The van der Waals surface area contributed by atoms with Gasteiger partial charge in [-0.25, -0.2) is 4.99 Å². The third kappa shape index (κ3) is 5.87. The van der Waals surface area contributed by atoms with Crippen LogP contribution in [0.15, 0.2) is 41.5 Å². The third-order valence-corrected chi connectivity index (χ3v) is 6.49. The molecular formula is C21H23Cl2N3O2S. The molecule has 8 heteroatoms.